The van der Waals surface area contributed by atoms with E-state index in [1.165, 1.54) is 7.11 Å². The van der Waals surface area contributed by atoms with Crippen molar-refractivity contribution in [1.29, 1.82) is 0 Å². The van der Waals surface area contributed by atoms with Crippen LogP contribution in [0.4, 0.5) is 8.78 Å². The molecule has 0 aromatic heterocycles. The van der Waals surface area contributed by atoms with Gasteiger partial charge in [-0.05, 0) is 36.7 Å². The molecule has 22 heavy (non-hydrogen) atoms. The molecule has 2 N–H and O–H groups in total. The predicted octanol–water partition coefficient (Wildman–Crippen LogP) is 3.14. The van der Waals surface area contributed by atoms with E-state index in [9.17, 15) is 8.78 Å². The minimum atomic E-state index is -2.87. The van der Waals surface area contributed by atoms with Crippen LogP contribution in [0.1, 0.15) is 19.4 Å². The molecule has 128 valence electrons. The Morgan fingerprint density at radius 3 is 2.41 bits per heavy atom. The molecule has 0 aliphatic heterocycles. The third-order valence-corrected chi connectivity index (χ3v) is 3.15. The van der Waals surface area contributed by atoms with Crippen LogP contribution >= 0.6 is 12.4 Å². The topological polar surface area (TPSA) is 47.7 Å². The van der Waals surface area contributed by atoms with Crippen molar-refractivity contribution in [3.8, 4) is 11.5 Å². The average Bonchev–Trinajstić information content (AvgIpc) is 2.37. The summed E-state index contributed by atoms with van der Waals surface area (Å²) in [4.78, 5) is 2.10. The van der Waals surface area contributed by atoms with Gasteiger partial charge in [0, 0.05) is 13.1 Å². The molecule has 0 amide bonds. The summed E-state index contributed by atoms with van der Waals surface area (Å²) in [6.07, 6.45) is 0. The smallest absolute Gasteiger partial charge is 0.387 e. The summed E-state index contributed by atoms with van der Waals surface area (Å²) in [6.45, 7) is 3.31. The van der Waals surface area contributed by atoms with E-state index in [1.54, 1.807) is 12.1 Å². The zero-order valence-electron chi connectivity index (χ0n) is 13.4. The predicted molar refractivity (Wildman–Crippen MR) is 86.0 cm³/mol. The highest BCUT2D eigenvalue weighted by molar-refractivity contribution is 5.85. The fourth-order valence-electron chi connectivity index (χ4n) is 2.17. The molecule has 0 saturated carbocycles. The lowest BCUT2D eigenvalue weighted by atomic mass is 9.93. The molecule has 0 saturated heterocycles. The highest BCUT2D eigenvalue weighted by Crippen LogP contribution is 2.30. The van der Waals surface area contributed by atoms with Crippen molar-refractivity contribution in [2.24, 2.45) is 11.1 Å². The van der Waals surface area contributed by atoms with E-state index in [1.807, 2.05) is 13.1 Å². The molecular weight excluding hydrogens is 314 g/mol. The van der Waals surface area contributed by atoms with E-state index in [-0.39, 0.29) is 23.6 Å². The Labute approximate surface area is 137 Å². The number of halogens is 3. The van der Waals surface area contributed by atoms with Gasteiger partial charge in [-0.3, -0.25) is 0 Å². The van der Waals surface area contributed by atoms with E-state index in [4.69, 9.17) is 10.5 Å². The maximum Gasteiger partial charge on any atom is 0.387 e. The second-order valence-electron chi connectivity index (χ2n) is 5.90. The number of rotatable bonds is 8. The molecule has 0 spiro atoms. The van der Waals surface area contributed by atoms with Gasteiger partial charge in [-0.1, -0.05) is 19.9 Å². The van der Waals surface area contributed by atoms with E-state index in [0.717, 1.165) is 12.1 Å². The Balaban J connectivity index is 0.00000441. The zero-order valence-corrected chi connectivity index (χ0v) is 14.3. The first-order valence-corrected chi connectivity index (χ1v) is 6.78. The SMILES string of the molecule is COc1ccc(CN(C)CC(C)(C)CN)cc1OC(F)F.Cl. The number of hydrogen-bond donors (Lipinski definition) is 1. The first kappa shape index (κ1) is 20.9. The third kappa shape index (κ3) is 6.77. The average molecular weight is 339 g/mol. The highest BCUT2D eigenvalue weighted by Gasteiger charge is 2.18. The van der Waals surface area contributed by atoms with Crippen LogP contribution in [0.3, 0.4) is 0 Å². The van der Waals surface area contributed by atoms with Crippen molar-refractivity contribution in [3.05, 3.63) is 23.8 Å². The molecule has 0 aliphatic rings. The maximum atomic E-state index is 12.4. The maximum absolute atomic E-state index is 12.4. The normalized spacial score (nSPS) is 11.5. The Hall–Kier alpha value is -1.11. The van der Waals surface area contributed by atoms with Crippen molar-refractivity contribution in [2.75, 3.05) is 27.2 Å². The van der Waals surface area contributed by atoms with Crippen LogP contribution in [0.15, 0.2) is 18.2 Å². The lowest BCUT2D eigenvalue weighted by molar-refractivity contribution is -0.0512. The molecule has 1 aromatic carbocycles. The first-order chi connectivity index (χ1) is 9.77. The van der Waals surface area contributed by atoms with Crippen LogP contribution in [0.2, 0.25) is 0 Å². The number of ether oxygens (including phenoxy) is 2. The summed E-state index contributed by atoms with van der Waals surface area (Å²) < 4.78 is 34.3. The van der Waals surface area contributed by atoms with Gasteiger partial charge < -0.3 is 20.1 Å². The zero-order chi connectivity index (χ0) is 16.0. The summed E-state index contributed by atoms with van der Waals surface area (Å²) in [5.41, 5.74) is 6.60. The second-order valence-corrected chi connectivity index (χ2v) is 5.90. The van der Waals surface area contributed by atoms with Gasteiger partial charge in [0.1, 0.15) is 0 Å². The Kier molecular flexibility index (Phi) is 8.66. The fourth-order valence-corrected chi connectivity index (χ4v) is 2.17. The van der Waals surface area contributed by atoms with Crippen molar-refractivity contribution in [3.63, 3.8) is 0 Å². The third-order valence-electron chi connectivity index (χ3n) is 3.15. The summed E-state index contributed by atoms with van der Waals surface area (Å²) in [6, 6.07) is 5.05. The summed E-state index contributed by atoms with van der Waals surface area (Å²) >= 11 is 0. The van der Waals surface area contributed by atoms with E-state index in [0.29, 0.717) is 18.8 Å². The Morgan fingerprint density at radius 1 is 1.27 bits per heavy atom. The molecule has 0 unspecified atom stereocenters. The van der Waals surface area contributed by atoms with Crippen LogP contribution < -0.4 is 15.2 Å². The van der Waals surface area contributed by atoms with E-state index in [2.05, 4.69) is 23.5 Å². The van der Waals surface area contributed by atoms with Gasteiger partial charge in [0.2, 0.25) is 0 Å². The van der Waals surface area contributed by atoms with Crippen LogP contribution in [0.5, 0.6) is 11.5 Å². The Morgan fingerprint density at radius 2 is 1.91 bits per heavy atom. The molecular formula is C15H25ClF2N2O2. The van der Waals surface area contributed by atoms with Gasteiger partial charge in [0.05, 0.1) is 7.11 Å². The van der Waals surface area contributed by atoms with Gasteiger partial charge in [0.25, 0.3) is 0 Å². The first-order valence-electron chi connectivity index (χ1n) is 6.78. The van der Waals surface area contributed by atoms with Crippen molar-refractivity contribution < 1.29 is 18.3 Å². The number of benzene rings is 1. The van der Waals surface area contributed by atoms with Gasteiger partial charge in [0.15, 0.2) is 11.5 Å². The molecule has 0 radical (unpaired) electrons. The minimum Gasteiger partial charge on any atom is -0.493 e. The van der Waals surface area contributed by atoms with Crippen molar-refractivity contribution >= 4 is 12.4 Å². The number of hydrogen-bond acceptors (Lipinski definition) is 4. The van der Waals surface area contributed by atoms with Crippen LogP contribution in [0.25, 0.3) is 0 Å². The standard InChI is InChI=1S/C15H24F2N2O2.ClH/c1-15(2,9-18)10-19(3)8-11-5-6-12(20-4)13(7-11)21-14(16)17;/h5-7,14H,8-10,18H2,1-4H3;1H. The molecule has 0 atom stereocenters. The molecule has 0 bridgehead atoms. The summed E-state index contributed by atoms with van der Waals surface area (Å²) in [5, 5.41) is 0. The quantitative estimate of drug-likeness (QED) is 0.791. The number of nitrogens with zero attached hydrogens (tertiary/aromatic N) is 1. The van der Waals surface area contributed by atoms with Crippen LogP contribution in [0, 0.1) is 5.41 Å². The van der Waals surface area contributed by atoms with E-state index < -0.39 is 6.61 Å². The van der Waals surface area contributed by atoms with Crippen molar-refractivity contribution in [1.82, 2.24) is 4.90 Å². The number of nitrogens with two attached hydrogens (primary N) is 1. The molecule has 1 rings (SSSR count). The molecule has 0 aliphatic carbocycles. The molecule has 0 fully saturated rings. The van der Waals surface area contributed by atoms with E-state index >= 15 is 0 Å². The monoisotopic (exact) mass is 338 g/mol. The van der Waals surface area contributed by atoms with Crippen molar-refractivity contribution in [2.45, 2.75) is 27.0 Å². The molecule has 4 nitrogen and oxygen atoms in total. The molecule has 7 heteroatoms. The molecule has 0 heterocycles. The largest absolute Gasteiger partial charge is 0.493 e. The van der Waals surface area contributed by atoms with Gasteiger partial charge in [-0.25, -0.2) is 0 Å². The second kappa shape index (κ2) is 9.12. The minimum absolute atomic E-state index is 0. The highest BCUT2D eigenvalue weighted by atomic mass is 35.5. The van der Waals surface area contributed by atoms with Gasteiger partial charge >= 0.3 is 6.61 Å². The van der Waals surface area contributed by atoms with Gasteiger partial charge in [-0.2, -0.15) is 8.78 Å². The molecule has 1 aromatic rings. The summed E-state index contributed by atoms with van der Waals surface area (Å²) in [5.74, 6) is 0.348. The van der Waals surface area contributed by atoms with Gasteiger partial charge in [-0.15, -0.1) is 12.4 Å². The van der Waals surface area contributed by atoms with Crippen LogP contribution in [-0.2, 0) is 6.54 Å². The number of alkyl halides is 2. The Bertz CT molecular complexity index is 459. The number of methoxy groups -OCH3 is 1. The van der Waals surface area contributed by atoms with Crippen LogP contribution in [-0.4, -0.2) is 38.8 Å². The lowest BCUT2D eigenvalue weighted by Crippen LogP contribution is -2.36. The fraction of sp³-hybridized carbons (Fsp3) is 0.600. The summed E-state index contributed by atoms with van der Waals surface area (Å²) in [7, 11) is 3.39. The lowest BCUT2D eigenvalue weighted by Gasteiger charge is -2.29.